The number of amides is 2. The van der Waals surface area contributed by atoms with Gasteiger partial charge in [0.2, 0.25) is 0 Å². The van der Waals surface area contributed by atoms with E-state index in [4.69, 9.17) is 0 Å². The highest BCUT2D eigenvalue weighted by molar-refractivity contribution is 8.00. The van der Waals surface area contributed by atoms with Crippen LogP contribution in [0.15, 0.2) is 78.0 Å². The molecule has 1 aromatic heterocycles. The number of thioether (sulfide) groups is 1. The lowest BCUT2D eigenvalue weighted by Crippen LogP contribution is -2.15. The van der Waals surface area contributed by atoms with Crippen molar-refractivity contribution in [1.82, 2.24) is 4.98 Å². The molecule has 0 unspecified atom stereocenters. The second-order valence-electron chi connectivity index (χ2n) is 5.77. The Labute approximate surface area is 168 Å². The maximum Gasteiger partial charge on any atom is 0.446 e. The number of rotatable bonds is 5. The Morgan fingerprint density at radius 3 is 2.24 bits per heavy atom. The van der Waals surface area contributed by atoms with Crippen molar-refractivity contribution < 1.29 is 22.8 Å². The van der Waals surface area contributed by atoms with Crippen LogP contribution >= 0.6 is 11.8 Å². The number of halogens is 3. The molecule has 0 spiro atoms. The van der Waals surface area contributed by atoms with E-state index in [1.165, 1.54) is 42.7 Å². The Morgan fingerprint density at radius 2 is 1.52 bits per heavy atom. The Kier molecular flexibility index (Phi) is 6.18. The molecule has 9 heteroatoms. The minimum absolute atomic E-state index is 0.110. The van der Waals surface area contributed by atoms with Gasteiger partial charge >= 0.3 is 5.51 Å². The van der Waals surface area contributed by atoms with E-state index >= 15 is 0 Å². The highest BCUT2D eigenvalue weighted by Crippen LogP contribution is 2.38. The van der Waals surface area contributed by atoms with Crippen molar-refractivity contribution in [3.05, 3.63) is 84.2 Å². The first-order chi connectivity index (χ1) is 13.8. The first-order valence-electron chi connectivity index (χ1n) is 8.29. The number of anilines is 2. The highest BCUT2D eigenvalue weighted by atomic mass is 32.2. The molecule has 0 radical (unpaired) electrons. The summed E-state index contributed by atoms with van der Waals surface area (Å²) in [5, 5.41) is 5.22. The summed E-state index contributed by atoms with van der Waals surface area (Å²) < 4.78 is 38.1. The van der Waals surface area contributed by atoms with Gasteiger partial charge in [-0.3, -0.25) is 14.6 Å². The average molecular weight is 417 g/mol. The van der Waals surface area contributed by atoms with Gasteiger partial charge in [0.05, 0.1) is 5.56 Å². The fourth-order valence-electron chi connectivity index (χ4n) is 2.44. The normalized spacial score (nSPS) is 11.0. The largest absolute Gasteiger partial charge is 0.446 e. The predicted molar refractivity (Wildman–Crippen MR) is 105 cm³/mol. The van der Waals surface area contributed by atoms with Gasteiger partial charge in [-0.15, -0.1) is 0 Å². The molecule has 0 aliphatic carbocycles. The molecule has 29 heavy (non-hydrogen) atoms. The summed E-state index contributed by atoms with van der Waals surface area (Å²) in [4.78, 5) is 28.5. The number of carbonyl (C=O) groups excluding carboxylic acids is 2. The Balaban J connectivity index is 1.75. The molecule has 0 atom stereocenters. The van der Waals surface area contributed by atoms with E-state index in [0.717, 1.165) is 0 Å². The van der Waals surface area contributed by atoms with E-state index in [2.05, 4.69) is 15.6 Å². The van der Waals surface area contributed by atoms with Crippen LogP contribution in [-0.4, -0.2) is 22.3 Å². The van der Waals surface area contributed by atoms with Gasteiger partial charge in [-0.2, -0.15) is 13.2 Å². The van der Waals surface area contributed by atoms with Crippen LogP contribution in [0, 0.1) is 0 Å². The minimum atomic E-state index is -4.51. The molecule has 1 heterocycles. The lowest BCUT2D eigenvalue weighted by atomic mass is 10.1. The van der Waals surface area contributed by atoms with Crippen LogP contribution in [0.5, 0.6) is 0 Å². The zero-order valence-electron chi connectivity index (χ0n) is 14.7. The van der Waals surface area contributed by atoms with Gasteiger partial charge in [-0.25, -0.2) is 0 Å². The summed E-state index contributed by atoms with van der Waals surface area (Å²) >= 11 is -0.355. The fourth-order valence-corrected chi connectivity index (χ4v) is 3.11. The van der Waals surface area contributed by atoms with Gasteiger partial charge < -0.3 is 10.6 Å². The summed E-state index contributed by atoms with van der Waals surface area (Å²) in [5.74, 6) is -1.11. The Hall–Kier alpha value is -3.33. The van der Waals surface area contributed by atoms with Crippen molar-refractivity contribution in [3.8, 4) is 0 Å². The topological polar surface area (TPSA) is 71.1 Å². The van der Waals surface area contributed by atoms with Crippen LogP contribution in [0.2, 0.25) is 0 Å². The first-order valence-corrected chi connectivity index (χ1v) is 9.11. The zero-order chi connectivity index (χ0) is 20.9. The minimum Gasteiger partial charge on any atom is -0.322 e. The standard InChI is InChI=1S/C20H14F3N3O2S/c21-20(22,23)29-17-7-2-1-6-16(17)19(28)26-15-5-3-4-13(12-15)18(27)25-14-8-10-24-11-9-14/h1-12H,(H,26,28)(H,24,25,27). The van der Waals surface area contributed by atoms with Crippen molar-refractivity contribution in [2.45, 2.75) is 10.4 Å². The molecule has 0 saturated heterocycles. The maximum absolute atomic E-state index is 12.7. The van der Waals surface area contributed by atoms with Crippen molar-refractivity contribution >= 4 is 35.0 Å². The quantitative estimate of drug-likeness (QED) is 0.560. The second kappa shape index (κ2) is 8.78. The van der Waals surface area contributed by atoms with Gasteiger partial charge in [0.1, 0.15) is 0 Å². The SMILES string of the molecule is O=C(Nc1ccncc1)c1cccc(NC(=O)c2ccccc2SC(F)(F)F)c1. The number of pyridine rings is 1. The lowest BCUT2D eigenvalue weighted by molar-refractivity contribution is -0.0328. The molecule has 0 aliphatic rings. The van der Waals surface area contributed by atoms with Crippen LogP contribution in [-0.2, 0) is 0 Å². The third kappa shape index (κ3) is 5.82. The van der Waals surface area contributed by atoms with E-state index in [1.807, 2.05) is 0 Å². The monoisotopic (exact) mass is 417 g/mol. The van der Waals surface area contributed by atoms with Crippen LogP contribution in [0.3, 0.4) is 0 Å². The van der Waals surface area contributed by atoms with Gasteiger partial charge in [0.15, 0.2) is 0 Å². The fraction of sp³-hybridized carbons (Fsp3) is 0.0500. The molecule has 2 aromatic carbocycles. The van der Waals surface area contributed by atoms with E-state index in [-0.39, 0.29) is 33.5 Å². The second-order valence-corrected chi connectivity index (χ2v) is 6.88. The molecule has 0 aliphatic heterocycles. The summed E-state index contributed by atoms with van der Waals surface area (Å²) in [6, 6.07) is 14.8. The number of hydrogen-bond donors (Lipinski definition) is 2. The number of nitrogens with one attached hydrogen (secondary N) is 2. The molecular formula is C20H14F3N3O2S. The van der Waals surface area contributed by atoms with Gasteiger partial charge in [-0.1, -0.05) is 18.2 Å². The Morgan fingerprint density at radius 1 is 0.828 bits per heavy atom. The molecule has 2 amide bonds. The van der Waals surface area contributed by atoms with Crippen molar-refractivity contribution in [2.75, 3.05) is 10.6 Å². The van der Waals surface area contributed by atoms with E-state index in [1.54, 1.807) is 30.3 Å². The van der Waals surface area contributed by atoms with Crippen molar-refractivity contribution in [1.29, 1.82) is 0 Å². The van der Waals surface area contributed by atoms with Gasteiger partial charge in [-0.05, 0) is 54.2 Å². The smallest absolute Gasteiger partial charge is 0.322 e. The summed E-state index contributed by atoms with van der Waals surface area (Å²) in [6.07, 6.45) is 3.06. The first kappa shape index (κ1) is 20.4. The predicted octanol–water partition coefficient (Wildman–Crippen LogP) is 5.20. The Bertz CT molecular complexity index is 1030. The average Bonchev–Trinajstić information content (AvgIpc) is 2.68. The molecule has 2 N–H and O–H groups in total. The molecule has 3 rings (SSSR count). The number of benzene rings is 2. The number of aromatic nitrogens is 1. The van der Waals surface area contributed by atoms with Crippen LogP contribution < -0.4 is 10.6 Å². The lowest BCUT2D eigenvalue weighted by Gasteiger charge is -2.12. The zero-order valence-corrected chi connectivity index (χ0v) is 15.6. The number of alkyl halides is 3. The molecule has 0 fully saturated rings. The van der Waals surface area contributed by atoms with Gasteiger partial charge in [0, 0.05) is 34.2 Å². The molecule has 0 bridgehead atoms. The molecule has 3 aromatic rings. The number of carbonyl (C=O) groups is 2. The van der Waals surface area contributed by atoms with E-state index < -0.39 is 17.3 Å². The summed E-state index contributed by atoms with van der Waals surface area (Å²) in [6.45, 7) is 0. The maximum atomic E-state index is 12.7. The molecule has 0 saturated carbocycles. The van der Waals surface area contributed by atoms with Crippen LogP contribution in [0.1, 0.15) is 20.7 Å². The van der Waals surface area contributed by atoms with E-state index in [0.29, 0.717) is 5.69 Å². The molecule has 148 valence electrons. The number of hydrogen-bond acceptors (Lipinski definition) is 4. The van der Waals surface area contributed by atoms with Crippen LogP contribution in [0.4, 0.5) is 24.5 Å². The van der Waals surface area contributed by atoms with Crippen molar-refractivity contribution in [2.24, 2.45) is 0 Å². The summed E-state index contributed by atoms with van der Waals surface area (Å²) in [7, 11) is 0. The highest BCUT2D eigenvalue weighted by Gasteiger charge is 2.31. The van der Waals surface area contributed by atoms with Gasteiger partial charge in [0.25, 0.3) is 11.8 Å². The van der Waals surface area contributed by atoms with Crippen LogP contribution in [0.25, 0.3) is 0 Å². The van der Waals surface area contributed by atoms with E-state index in [9.17, 15) is 22.8 Å². The third-order valence-electron chi connectivity index (χ3n) is 3.68. The number of nitrogens with zero attached hydrogens (tertiary/aromatic N) is 1. The summed E-state index contributed by atoms with van der Waals surface area (Å²) in [5.41, 5.74) is -3.51. The van der Waals surface area contributed by atoms with Crippen molar-refractivity contribution in [3.63, 3.8) is 0 Å². The molecule has 5 nitrogen and oxygen atoms in total. The third-order valence-corrected chi connectivity index (χ3v) is 4.49. The molecular weight excluding hydrogens is 403 g/mol.